The zero-order valence-electron chi connectivity index (χ0n) is 15.8. The van der Waals surface area contributed by atoms with Gasteiger partial charge in [-0.05, 0) is 67.1 Å². The summed E-state index contributed by atoms with van der Waals surface area (Å²) in [7, 11) is 0. The maximum atomic E-state index is 9.09. The third kappa shape index (κ3) is 3.70. The molecule has 2 aromatic carbocycles. The molecule has 0 N–H and O–H groups in total. The molecule has 3 aromatic rings. The third-order valence-electron chi connectivity index (χ3n) is 5.09. The molecule has 0 unspecified atom stereocenters. The third-order valence-corrected chi connectivity index (χ3v) is 5.34. The molecule has 0 saturated carbocycles. The van der Waals surface area contributed by atoms with Crippen LogP contribution in [0.1, 0.15) is 35.7 Å². The molecule has 0 atom stereocenters. The Balaban J connectivity index is 2.18. The quantitative estimate of drug-likeness (QED) is 0.441. The normalized spacial score (nSPS) is 10.7. The lowest BCUT2D eigenvalue weighted by atomic mass is 10.0. The number of hydrogen-bond acceptors (Lipinski definition) is 1. The van der Waals surface area contributed by atoms with Crippen molar-refractivity contribution >= 4 is 28.2 Å². The van der Waals surface area contributed by atoms with Crippen molar-refractivity contribution in [3.8, 4) is 6.07 Å². The predicted molar refractivity (Wildman–Crippen MR) is 115 cm³/mol. The van der Waals surface area contributed by atoms with Crippen molar-refractivity contribution in [2.24, 2.45) is 0 Å². The molecule has 136 valence electrons. The van der Waals surface area contributed by atoms with Gasteiger partial charge in [0.25, 0.3) is 0 Å². The highest BCUT2D eigenvalue weighted by Gasteiger charge is 2.17. The molecule has 0 fully saturated rings. The average molecular weight is 375 g/mol. The summed E-state index contributed by atoms with van der Waals surface area (Å²) in [5.41, 5.74) is 7.39. The van der Waals surface area contributed by atoms with E-state index in [-0.39, 0.29) is 0 Å². The Bertz CT molecular complexity index is 1060. The number of halogens is 1. The smallest absolute Gasteiger partial charge is 0.0940 e. The van der Waals surface area contributed by atoms with Crippen LogP contribution >= 0.6 is 11.6 Å². The number of nitriles is 1. The SMILES string of the molecule is C=C(C#N)CCc1c(C)c2cc(CC)ccc2n1C(=C)c1ccc(Cl)cc1. The van der Waals surface area contributed by atoms with Crippen molar-refractivity contribution < 1.29 is 0 Å². The molecule has 2 nitrogen and oxygen atoms in total. The summed E-state index contributed by atoms with van der Waals surface area (Å²) in [4.78, 5) is 0. The van der Waals surface area contributed by atoms with Gasteiger partial charge >= 0.3 is 0 Å². The molecule has 0 spiro atoms. The highest BCUT2D eigenvalue weighted by atomic mass is 35.5. The molecule has 0 bridgehead atoms. The summed E-state index contributed by atoms with van der Waals surface area (Å²) in [5.74, 6) is 0. The molecule has 1 heterocycles. The summed E-state index contributed by atoms with van der Waals surface area (Å²) in [5, 5.41) is 11.0. The van der Waals surface area contributed by atoms with Crippen LogP contribution in [0.4, 0.5) is 0 Å². The molecule has 1 aromatic heterocycles. The molecular weight excluding hydrogens is 352 g/mol. The van der Waals surface area contributed by atoms with Gasteiger partial charge in [0.2, 0.25) is 0 Å². The largest absolute Gasteiger partial charge is 0.313 e. The second-order valence-corrected chi connectivity index (χ2v) is 7.22. The van der Waals surface area contributed by atoms with Gasteiger partial charge in [-0.1, -0.05) is 49.9 Å². The van der Waals surface area contributed by atoms with E-state index in [0.717, 1.165) is 29.6 Å². The van der Waals surface area contributed by atoms with Crippen LogP contribution in [0.2, 0.25) is 5.02 Å². The van der Waals surface area contributed by atoms with E-state index in [0.29, 0.717) is 17.0 Å². The Kier molecular flexibility index (Phi) is 5.54. The van der Waals surface area contributed by atoms with Gasteiger partial charge in [-0.3, -0.25) is 0 Å². The Morgan fingerprint density at radius 3 is 2.48 bits per heavy atom. The number of fused-ring (bicyclic) bond motifs is 1. The molecule has 0 aliphatic carbocycles. The fourth-order valence-corrected chi connectivity index (χ4v) is 3.60. The van der Waals surface area contributed by atoms with Gasteiger partial charge in [-0.15, -0.1) is 0 Å². The van der Waals surface area contributed by atoms with Gasteiger partial charge in [0, 0.05) is 27.4 Å². The maximum absolute atomic E-state index is 9.09. The monoisotopic (exact) mass is 374 g/mol. The first-order chi connectivity index (χ1) is 13.0. The first-order valence-corrected chi connectivity index (χ1v) is 9.50. The number of aromatic nitrogens is 1. The summed E-state index contributed by atoms with van der Waals surface area (Å²) in [6.07, 6.45) is 2.39. The van der Waals surface area contributed by atoms with Crippen LogP contribution in [0.25, 0.3) is 16.6 Å². The Labute approximate surface area is 166 Å². The number of benzene rings is 2. The highest BCUT2D eigenvalue weighted by Crippen LogP contribution is 2.33. The Hall–Kier alpha value is -2.76. The van der Waals surface area contributed by atoms with E-state index in [1.807, 2.05) is 24.3 Å². The van der Waals surface area contributed by atoms with Gasteiger partial charge in [-0.2, -0.15) is 5.26 Å². The van der Waals surface area contributed by atoms with E-state index < -0.39 is 0 Å². The van der Waals surface area contributed by atoms with E-state index in [1.165, 1.54) is 22.2 Å². The zero-order chi connectivity index (χ0) is 19.6. The van der Waals surface area contributed by atoms with Crippen LogP contribution in [0.5, 0.6) is 0 Å². The van der Waals surface area contributed by atoms with E-state index in [2.05, 4.69) is 55.8 Å². The lowest BCUT2D eigenvalue weighted by Gasteiger charge is -2.15. The maximum Gasteiger partial charge on any atom is 0.0940 e. The topological polar surface area (TPSA) is 28.7 Å². The lowest BCUT2D eigenvalue weighted by molar-refractivity contribution is 0.885. The fourth-order valence-electron chi connectivity index (χ4n) is 3.47. The summed E-state index contributed by atoms with van der Waals surface area (Å²) in [6, 6.07) is 16.5. The number of rotatable bonds is 6. The van der Waals surface area contributed by atoms with Gasteiger partial charge in [0.1, 0.15) is 0 Å². The summed E-state index contributed by atoms with van der Waals surface area (Å²) in [6.45, 7) is 12.5. The molecule has 0 aliphatic rings. The first-order valence-electron chi connectivity index (χ1n) is 9.12. The zero-order valence-corrected chi connectivity index (χ0v) is 16.6. The van der Waals surface area contributed by atoms with E-state index in [1.54, 1.807) is 0 Å². The highest BCUT2D eigenvalue weighted by molar-refractivity contribution is 6.30. The summed E-state index contributed by atoms with van der Waals surface area (Å²) >= 11 is 6.05. The predicted octanol–water partition coefficient (Wildman–Crippen LogP) is 6.70. The van der Waals surface area contributed by atoms with E-state index >= 15 is 0 Å². The Morgan fingerprint density at radius 2 is 1.85 bits per heavy atom. The molecule has 0 radical (unpaired) electrons. The van der Waals surface area contributed by atoms with Crippen molar-refractivity contribution in [3.05, 3.63) is 88.6 Å². The van der Waals surface area contributed by atoms with Crippen LogP contribution < -0.4 is 0 Å². The van der Waals surface area contributed by atoms with Crippen molar-refractivity contribution in [2.45, 2.75) is 33.1 Å². The standard InChI is InChI=1S/C24H23ClN2/c1-5-19-7-13-24-22(14-19)17(3)23(12-6-16(2)15-26)27(24)18(4)20-8-10-21(25)11-9-20/h7-11,13-14H,2,4-6,12H2,1,3H3. The van der Waals surface area contributed by atoms with Crippen molar-refractivity contribution in [1.82, 2.24) is 4.57 Å². The molecule has 3 heteroatoms. The van der Waals surface area contributed by atoms with Crippen molar-refractivity contribution in [1.29, 1.82) is 5.26 Å². The number of hydrogen-bond donors (Lipinski definition) is 0. The summed E-state index contributed by atoms with van der Waals surface area (Å²) < 4.78 is 2.22. The lowest BCUT2D eigenvalue weighted by Crippen LogP contribution is -2.04. The van der Waals surface area contributed by atoms with Gasteiger partial charge < -0.3 is 4.57 Å². The van der Waals surface area contributed by atoms with Crippen LogP contribution in [0, 0.1) is 18.3 Å². The minimum absolute atomic E-state index is 0.595. The fraction of sp³-hybridized carbons (Fsp3) is 0.208. The molecule has 0 amide bonds. The average Bonchev–Trinajstić information content (AvgIpc) is 2.97. The molecular formula is C24H23ClN2. The second kappa shape index (κ2) is 7.86. The van der Waals surface area contributed by atoms with Crippen molar-refractivity contribution in [2.75, 3.05) is 0 Å². The van der Waals surface area contributed by atoms with Gasteiger partial charge in [-0.25, -0.2) is 0 Å². The minimum atomic E-state index is 0.595. The number of nitrogens with zero attached hydrogens (tertiary/aromatic N) is 2. The van der Waals surface area contributed by atoms with Gasteiger partial charge in [0.05, 0.1) is 11.6 Å². The molecule has 0 aliphatic heterocycles. The van der Waals surface area contributed by atoms with Crippen LogP contribution in [0.15, 0.2) is 61.2 Å². The molecule has 27 heavy (non-hydrogen) atoms. The number of allylic oxidation sites excluding steroid dienone is 1. The molecule has 3 rings (SSSR count). The van der Waals surface area contributed by atoms with Crippen LogP contribution in [-0.4, -0.2) is 4.57 Å². The van der Waals surface area contributed by atoms with E-state index in [4.69, 9.17) is 16.9 Å². The molecule has 0 saturated heterocycles. The van der Waals surface area contributed by atoms with Gasteiger partial charge in [0.15, 0.2) is 0 Å². The van der Waals surface area contributed by atoms with Crippen LogP contribution in [-0.2, 0) is 12.8 Å². The minimum Gasteiger partial charge on any atom is -0.313 e. The second-order valence-electron chi connectivity index (χ2n) is 6.78. The Morgan fingerprint density at radius 1 is 1.15 bits per heavy atom. The van der Waals surface area contributed by atoms with Crippen molar-refractivity contribution in [3.63, 3.8) is 0 Å². The number of aryl methyl sites for hydroxylation is 2. The first kappa shape index (κ1) is 19.0. The van der Waals surface area contributed by atoms with E-state index in [9.17, 15) is 0 Å². The van der Waals surface area contributed by atoms with Crippen LogP contribution in [0.3, 0.4) is 0 Å².